The van der Waals surface area contributed by atoms with Crippen LogP contribution < -0.4 is 19.5 Å². The number of nitrogens with zero attached hydrogens (tertiary/aromatic N) is 4. The van der Waals surface area contributed by atoms with Crippen molar-refractivity contribution in [1.82, 2.24) is 30.0 Å². The van der Waals surface area contributed by atoms with E-state index in [-0.39, 0.29) is 43.1 Å². The molecule has 0 radical (unpaired) electrons. The summed E-state index contributed by atoms with van der Waals surface area (Å²) >= 11 is 0. The van der Waals surface area contributed by atoms with E-state index in [1.54, 1.807) is 6.92 Å². The standard InChI is InChI=1S/C40H52N6O9S/c1-22-9-5-6-10-26-20-40(26,37(49)44-56(52,53)39(3)13-14-39)41-33(47)31-19-28(55-35-30-12-8-7-11-29(30)34(54-4)42-43-35)21-45(31)36(48)32(23(2)15-22)46(38(50)51)27-17-24-16-25(24)18-27/h6-8,10-12,22-28,31-32H,5,9,13-21H2,1-4H3,(H,41,47)(H,44,49)(H,50,51)/b10-6-/t22-,23-,24+,25?,26-,27-,28-,31+,32+,40-/m1/s1. The van der Waals surface area contributed by atoms with Crippen LogP contribution in [0.4, 0.5) is 4.79 Å². The number of allylic oxidation sites excluding steroid dienone is 1. The van der Waals surface area contributed by atoms with E-state index in [9.17, 15) is 27.9 Å². The summed E-state index contributed by atoms with van der Waals surface area (Å²) in [7, 11) is -2.52. The van der Waals surface area contributed by atoms with Gasteiger partial charge in [0.25, 0.3) is 5.91 Å². The topological polar surface area (TPSA) is 197 Å². The molecule has 0 spiro atoms. The molecule has 1 aromatic heterocycles. The highest BCUT2D eigenvalue weighted by atomic mass is 32.2. The number of carboxylic acid groups (broad SMARTS) is 1. The molecule has 1 saturated heterocycles. The Balaban J connectivity index is 1.16. The summed E-state index contributed by atoms with van der Waals surface area (Å²) in [5, 5.41) is 23.4. The van der Waals surface area contributed by atoms with E-state index in [1.165, 1.54) is 16.9 Å². The van der Waals surface area contributed by atoms with Crippen molar-refractivity contribution in [1.29, 1.82) is 0 Å². The summed E-state index contributed by atoms with van der Waals surface area (Å²) in [6.07, 6.45) is 7.45. The average Bonchev–Trinajstić information content (AvgIpc) is 4.11. The molecular formula is C40H52N6O9S. The highest BCUT2D eigenvalue weighted by Gasteiger charge is 2.63. The summed E-state index contributed by atoms with van der Waals surface area (Å²) in [5.41, 5.74) is -1.55. The number of rotatable bonds is 8. The van der Waals surface area contributed by atoms with Crippen LogP contribution in [0.15, 0.2) is 36.4 Å². The highest BCUT2D eigenvalue weighted by molar-refractivity contribution is 7.91. The molecule has 1 unspecified atom stereocenters. The molecule has 1 aromatic carbocycles. The summed E-state index contributed by atoms with van der Waals surface area (Å²) in [6.45, 7) is 5.54. The Bertz CT molecular complexity index is 2060. The average molecular weight is 793 g/mol. The molecule has 3 heterocycles. The normalized spacial score (nSPS) is 35.4. The molecule has 15 nitrogen and oxygen atoms in total. The van der Waals surface area contributed by atoms with Gasteiger partial charge in [0.2, 0.25) is 33.6 Å². The first-order valence-electron chi connectivity index (χ1n) is 20.0. The Morgan fingerprint density at radius 3 is 2.36 bits per heavy atom. The van der Waals surface area contributed by atoms with Crippen LogP contribution in [0.1, 0.15) is 85.0 Å². The van der Waals surface area contributed by atoms with Crippen LogP contribution in [0, 0.1) is 29.6 Å². The molecule has 2 aliphatic heterocycles. The van der Waals surface area contributed by atoms with Crippen LogP contribution in [-0.4, -0.2) is 106 Å². The lowest BCUT2D eigenvalue weighted by Crippen LogP contribution is -2.61. The fourth-order valence-electron chi connectivity index (χ4n) is 9.63. The maximum Gasteiger partial charge on any atom is 0.408 e. The minimum Gasteiger partial charge on any atom is -0.479 e. The van der Waals surface area contributed by atoms with Crippen LogP contribution in [0.3, 0.4) is 0 Å². The Labute approximate surface area is 327 Å². The van der Waals surface area contributed by atoms with E-state index in [0.29, 0.717) is 67.0 Å². The summed E-state index contributed by atoms with van der Waals surface area (Å²) in [5.74, 6) is -1.24. The lowest BCUT2D eigenvalue weighted by Gasteiger charge is -2.40. The van der Waals surface area contributed by atoms with E-state index in [4.69, 9.17) is 9.47 Å². The molecule has 0 bridgehead atoms. The molecular weight excluding hydrogens is 741 g/mol. The first-order chi connectivity index (χ1) is 26.6. The predicted molar refractivity (Wildman–Crippen MR) is 204 cm³/mol. The number of methoxy groups -OCH3 is 1. The molecule has 4 saturated carbocycles. The molecule has 3 N–H and O–H groups in total. The van der Waals surface area contributed by atoms with Crippen molar-refractivity contribution in [2.75, 3.05) is 13.7 Å². The zero-order valence-electron chi connectivity index (χ0n) is 32.3. The van der Waals surface area contributed by atoms with Crippen molar-refractivity contribution in [3.05, 3.63) is 36.4 Å². The lowest BCUT2D eigenvalue weighted by molar-refractivity contribution is -0.145. The minimum atomic E-state index is -4.01. The summed E-state index contributed by atoms with van der Waals surface area (Å²) < 4.78 is 39.6. The number of carbonyl (C=O) groups excluding carboxylic acids is 3. The number of sulfonamides is 1. The number of fused-ring (bicyclic) bond motifs is 4. The van der Waals surface area contributed by atoms with E-state index in [0.717, 1.165) is 12.8 Å². The number of carbonyl (C=O) groups is 4. The maximum atomic E-state index is 15.2. The third kappa shape index (κ3) is 6.95. The zero-order chi connectivity index (χ0) is 39.7. The van der Waals surface area contributed by atoms with Crippen LogP contribution in [0.25, 0.3) is 10.8 Å². The Morgan fingerprint density at radius 1 is 1.02 bits per heavy atom. The number of ether oxygens (including phenoxy) is 2. The van der Waals surface area contributed by atoms with Gasteiger partial charge < -0.3 is 24.8 Å². The molecule has 4 aliphatic carbocycles. The van der Waals surface area contributed by atoms with Gasteiger partial charge in [-0.25, -0.2) is 13.2 Å². The van der Waals surface area contributed by atoms with Crippen molar-refractivity contribution in [3.8, 4) is 11.8 Å². The van der Waals surface area contributed by atoms with E-state index in [1.807, 2.05) is 43.3 Å². The van der Waals surface area contributed by atoms with Crippen molar-refractivity contribution in [2.45, 2.75) is 119 Å². The second-order valence-electron chi connectivity index (χ2n) is 17.5. The molecule has 10 atom stereocenters. The van der Waals surface area contributed by atoms with Crippen LogP contribution in [0.2, 0.25) is 0 Å². The highest BCUT2D eigenvalue weighted by Crippen LogP contribution is 2.54. The third-order valence-corrected chi connectivity index (χ3v) is 15.6. The predicted octanol–water partition coefficient (Wildman–Crippen LogP) is 4.02. The van der Waals surface area contributed by atoms with Crippen molar-refractivity contribution < 1.29 is 42.2 Å². The van der Waals surface area contributed by atoms with Gasteiger partial charge >= 0.3 is 6.09 Å². The number of nitrogens with one attached hydrogen (secondary N) is 2. The number of aromatic nitrogens is 2. The number of hydrogen-bond acceptors (Lipinski definition) is 10. The van der Waals surface area contributed by atoms with Crippen LogP contribution >= 0.6 is 0 Å². The molecule has 8 rings (SSSR count). The van der Waals surface area contributed by atoms with Gasteiger partial charge in [-0.05, 0) is 101 Å². The second-order valence-corrected chi connectivity index (χ2v) is 19.7. The van der Waals surface area contributed by atoms with E-state index in [2.05, 4.69) is 27.2 Å². The first kappa shape index (κ1) is 38.4. The van der Waals surface area contributed by atoms with Gasteiger partial charge in [-0.3, -0.25) is 24.0 Å². The minimum absolute atomic E-state index is 0.00629. The lowest BCUT2D eigenvalue weighted by atomic mass is 9.86. The molecule has 5 fully saturated rings. The van der Waals surface area contributed by atoms with Crippen molar-refractivity contribution in [3.63, 3.8) is 0 Å². The van der Waals surface area contributed by atoms with E-state index < -0.39 is 68.2 Å². The Hall–Kier alpha value is -4.47. The quantitative estimate of drug-likeness (QED) is 0.327. The van der Waals surface area contributed by atoms with Gasteiger partial charge in [0.05, 0.1) is 29.2 Å². The fraction of sp³-hybridized carbons (Fsp3) is 0.650. The van der Waals surface area contributed by atoms with Gasteiger partial charge in [-0.1, -0.05) is 38.1 Å². The smallest absolute Gasteiger partial charge is 0.408 e. The Kier molecular flexibility index (Phi) is 9.72. The molecule has 56 heavy (non-hydrogen) atoms. The number of benzene rings is 1. The van der Waals surface area contributed by atoms with E-state index >= 15 is 4.79 Å². The fourth-order valence-corrected chi connectivity index (χ4v) is 10.9. The summed E-state index contributed by atoms with van der Waals surface area (Å²) in [4.78, 5) is 59.8. The van der Waals surface area contributed by atoms with Gasteiger partial charge in [0.15, 0.2) is 0 Å². The van der Waals surface area contributed by atoms with Gasteiger partial charge in [0.1, 0.15) is 23.7 Å². The van der Waals surface area contributed by atoms with Crippen LogP contribution in [0.5, 0.6) is 11.8 Å². The number of hydrogen-bond donors (Lipinski definition) is 3. The van der Waals surface area contributed by atoms with Gasteiger partial charge in [0, 0.05) is 18.4 Å². The van der Waals surface area contributed by atoms with Crippen molar-refractivity contribution in [2.24, 2.45) is 29.6 Å². The van der Waals surface area contributed by atoms with Crippen molar-refractivity contribution >= 4 is 44.6 Å². The maximum absolute atomic E-state index is 15.2. The molecule has 4 amide bonds. The monoisotopic (exact) mass is 792 g/mol. The SMILES string of the molecule is COc1nnc(O[C@@H]2C[C@H]3C(=O)N[C@]4(C(=O)NS(=O)(=O)C5(C)CC5)C[C@H]4/C=C\CC[C@@H](C)C[C@@H](C)[C@H](N(C(=O)O)[C@H]4CC5C[C@H]5C4)C(=O)N3C2)c2ccccc12. The van der Waals surface area contributed by atoms with Gasteiger partial charge in [-0.15, -0.1) is 10.2 Å². The molecule has 16 heteroatoms. The van der Waals surface area contributed by atoms with Crippen LogP contribution in [-0.2, 0) is 24.4 Å². The Morgan fingerprint density at radius 2 is 1.70 bits per heavy atom. The largest absolute Gasteiger partial charge is 0.479 e. The summed E-state index contributed by atoms with van der Waals surface area (Å²) in [6, 6.07) is 4.74. The molecule has 6 aliphatic rings. The molecule has 302 valence electrons. The van der Waals surface area contributed by atoms with Gasteiger partial charge in [-0.2, -0.15) is 0 Å². The number of amides is 4. The third-order valence-electron chi connectivity index (χ3n) is 13.4. The first-order valence-corrected chi connectivity index (χ1v) is 21.5. The molecule has 2 aromatic rings. The zero-order valence-corrected chi connectivity index (χ0v) is 33.2. The second kappa shape index (κ2) is 14.2.